The second-order valence-corrected chi connectivity index (χ2v) is 4.98. The Morgan fingerprint density at radius 1 is 1.62 bits per heavy atom. The highest BCUT2D eigenvalue weighted by Crippen LogP contribution is 2.19. The molecule has 3 N–H and O–H groups in total. The van der Waals surface area contributed by atoms with Crippen molar-refractivity contribution in [3.63, 3.8) is 0 Å². The molecule has 1 aliphatic heterocycles. The number of oxime groups is 1. The number of likely N-dealkylation sites (tertiary alicyclic amines) is 1. The summed E-state index contributed by atoms with van der Waals surface area (Å²) >= 11 is 0. The number of nitrogens with zero attached hydrogens (tertiary/aromatic N) is 3. The molecule has 1 aliphatic rings. The molecule has 16 heavy (non-hydrogen) atoms. The molecule has 5 nitrogen and oxygen atoms in total. The van der Waals surface area contributed by atoms with E-state index < -0.39 is 0 Å². The van der Waals surface area contributed by atoms with Crippen molar-refractivity contribution in [2.45, 2.75) is 25.8 Å². The fourth-order valence-electron chi connectivity index (χ4n) is 2.31. The predicted octanol–water partition coefficient (Wildman–Crippen LogP) is 0.395. The fourth-order valence-corrected chi connectivity index (χ4v) is 2.31. The summed E-state index contributed by atoms with van der Waals surface area (Å²) in [5.74, 6) is 0.447. The first-order chi connectivity index (χ1) is 7.54. The lowest BCUT2D eigenvalue weighted by Crippen LogP contribution is -2.42. The third kappa shape index (κ3) is 3.64. The standard InChI is InChI=1S/C11H24N4O/c1-9(11(12)13-16)7-15-6-4-5-10(15)8-14(2)3/h9-10,16H,4-8H2,1-3H3,(H2,12,13). The van der Waals surface area contributed by atoms with Crippen LogP contribution in [0.3, 0.4) is 0 Å². The lowest BCUT2D eigenvalue weighted by molar-refractivity contribution is 0.197. The molecule has 2 unspecified atom stereocenters. The van der Waals surface area contributed by atoms with Gasteiger partial charge in [-0.3, -0.25) is 4.90 Å². The van der Waals surface area contributed by atoms with E-state index in [9.17, 15) is 0 Å². The Kier molecular flexibility index (Phi) is 5.02. The van der Waals surface area contributed by atoms with Gasteiger partial charge in [0.1, 0.15) is 5.84 Å². The lowest BCUT2D eigenvalue weighted by Gasteiger charge is -2.28. The van der Waals surface area contributed by atoms with Gasteiger partial charge in [0, 0.05) is 25.0 Å². The van der Waals surface area contributed by atoms with E-state index in [0.717, 1.165) is 19.6 Å². The Bertz CT molecular complexity index is 242. The minimum Gasteiger partial charge on any atom is -0.409 e. The maximum atomic E-state index is 8.63. The van der Waals surface area contributed by atoms with Crippen molar-refractivity contribution in [1.29, 1.82) is 0 Å². The number of rotatable bonds is 5. The largest absolute Gasteiger partial charge is 0.409 e. The molecule has 0 aromatic carbocycles. The van der Waals surface area contributed by atoms with Crippen LogP contribution in [0.15, 0.2) is 5.16 Å². The van der Waals surface area contributed by atoms with E-state index in [4.69, 9.17) is 10.9 Å². The van der Waals surface area contributed by atoms with Crippen LogP contribution in [0.1, 0.15) is 19.8 Å². The molecular weight excluding hydrogens is 204 g/mol. The van der Waals surface area contributed by atoms with Crippen molar-refractivity contribution in [2.75, 3.05) is 33.7 Å². The number of hydrogen-bond donors (Lipinski definition) is 2. The van der Waals surface area contributed by atoms with Crippen molar-refractivity contribution in [3.8, 4) is 0 Å². The highest BCUT2D eigenvalue weighted by atomic mass is 16.4. The van der Waals surface area contributed by atoms with Gasteiger partial charge in [0.2, 0.25) is 0 Å². The zero-order valence-corrected chi connectivity index (χ0v) is 10.6. The molecule has 0 saturated carbocycles. The molecule has 5 heteroatoms. The van der Waals surface area contributed by atoms with Gasteiger partial charge >= 0.3 is 0 Å². The second kappa shape index (κ2) is 6.06. The van der Waals surface area contributed by atoms with Crippen LogP contribution in [-0.4, -0.2) is 60.6 Å². The molecule has 1 rings (SSSR count). The van der Waals surface area contributed by atoms with E-state index in [1.165, 1.54) is 12.8 Å². The minimum atomic E-state index is 0.118. The zero-order valence-electron chi connectivity index (χ0n) is 10.6. The first-order valence-corrected chi connectivity index (χ1v) is 5.90. The summed E-state index contributed by atoms with van der Waals surface area (Å²) in [6, 6.07) is 0.615. The van der Waals surface area contributed by atoms with E-state index >= 15 is 0 Å². The van der Waals surface area contributed by atoms with Gasteiger partial charge < -0.3 is 15.8 Å². The minimum absolute atomic E-state index is 0.118. The molecule has 94 valence electrons. The quantitative estimate of drug-likeness (QED) is 0.309. The van der Waals surface area contributed by atoms with Crippen LogP contribution >= 0.6 is 0 Å². The first-order valence-electron chi connectivity index (χ1n) is 5.90. The summed E-state index contributed by atoms with van der Waals surface area (Å²) in [5.41, 5.74) is 5.60. The van der Waals surface area contributed by atoms with Gasteiger partial charge in [0.25, 0.3) is 0 Å². The SMILES string of the molecule is CC(CN1CCCC1CN(C)C)C(N)=NO. The summed E-state index contributed by atoms with van der Waals surface area (Å²) < 4.78 is 0. The van der Waals surface area contributed by atoms with Crippen molar-refractivity contribution in [2.24, 2.45) is 16.8 Å². The van der Waals surface area contributed by atoms with Gasteiger partial charge in [-0.15, -0.1) is 0 Å². The topological polar surface area (TPSA) is 65.1 Å². The maximum Gasteiger partial charge on any atom is 0.143 e. The number of amidine groups is 1. The molecule has 1 fully saturated rings. The number of hydrogen-bond acceptors (Lipinski definition) is 4. The van der Waals surface area contributed by atoms with Crippen molar-refractivity contribution in [1.82, 2.24) is 9.80 Å². The van der Waals surface area contributed by atoms with Gasteiger partial charge in [0.05, 0.1) is 0 Å². The summed E-state index contributed by atoms with van der Waals surface area (Å²) in [5, 5.41) is 11.7. The summed E-state index contributed by atoms with van der Waals surface area (Å²) in [4.78, 5) is 4.67. The monoisotopic (exact) mass is 228 g/mol. The first kappa shape index (κ1) is 13.3. The summed E-state index contributed by atoms with van der Waals surface area (Å²) in [6.45, 7) is 5.10. The Labute approximate surface area is 97.9 Å². The van der Waals surface area contributed by atoms with Crippen molar-refractivity contribution < 1.29 is 5.21 Å². The average molecular weight is 228 g/mol. The number of likely N-dealkylation sites (N-methyl/N-ethyl adjacent to an activating group) is 1. The smallest absolute Gasteiger partial charge is 0.143 e. The maximum absolute atomic E-state index is 8.63. The predicted molar refractivity (Wildman–Crippen MR) is 65.7 cm³/mol. The Balaban J connectivity index is 2.46. The van der Waals surface area contributed by atoms with Crippen molar-refractivity contribution >= 4 is 5.84 Å². The molecule has 0 bridgehead atoms. The third-order valence-electron chi connectivity index (χ3n) is 3.20. The molecule has 0 radical (unpaired) electrons. The zero-order chi connectivity index (χ0) is 12.1. The Morgan fingerprint density at radius 3 is 2.88 bits per heavy atom. The molecule has 1 heterocycles. The van der Waals surface area contributed by atoms with Gasteiger partial charge in [0.15, 0.2) is 0 Å². The third-order valence-corrected chi connectivity index (χ3v) is 3.20. The van der Waals surface area contributed by atoms with Crippen molar-refractivity contribution in [3.05, 3.63) is 0 Å². The number of nitrogens with two attached hydrogens (primary N) is 1. The normalized spacial score (nSPS) is 25.2. The van der Waals surface area contributed by atoms with E-state index in [0.29, 0.717) is 11.9 Å². The van der Waals surface area contributed by atoms with Crippen LogP contribution in [0, 0.1) is 5.92 Å². The van der Waals surface area contributed by atoms with Gasteiger partial charge in [-0.25, -0.2) is 0 Å². The van der Waals surface area contributed by atoms with Crippen LogP contribution < -0.4 is 5.73 Å². The molecule has 0 aromatic heterocycles. The van der Waals surface area contributed by atoms with E-state index in [1.807, 2.05) is 6.92 Å². The highest BCUT2D eigenvalue weighted by Gasteiger charge is 2.26. The summed E-state index contributed by atoms with van der Waals surface area (Å²) in [7, 11) is 4.20. The lowest BCUT2D eigenvalue weighted by atomic mass is 10.1. The highest BCUT2D eigenvalue weighted by molar-refractivity contribution is 5.82. The van der Waals surface area contributed by atoms with E-state index in [-0.39, 0.29) is 5.92 Å². The molecule has 0 amide bonds. The second-order valence-electron chi connectivity index (χ2n) is 4.98. The van der Waals surface area contributed by atoms with Crippen LogP contribution in [0.2, 0.25) is 0 Å². The molecule has 0 spiro atoms. The fraction of sp³-hybridized carbons (Fsp3) is 0.909. The Morgan fingerprint density at radius 2 is 2.31 bits per heavy atom. The van der Waals surface area contributed by atoms with Crippen LogP contribution in [-0.2, 0) is 0 Å². The van der Waals surface area contributed by atoms with Gasteiger partial charge in [-0.2, -0.15) is 0 Å². The Hall–Kier alpha value is -0.810. The average Bonchev–Trinajstić information content (AvgIpc) is 2.63. The van der Waals surface area contributed by atoms with E-state index in [2.05, 4.69) is 29.1 Å². The molecule has 2 atom stereocenters. The summed E-state index contributed by atoms with van der Waals surface area (Å²) in [6.07, 6.45) is 2.50. The molecule has 0 aromatic rings. The van der Waals surface area contributed by atoms with Crippen LogP contribution in [0.5, 0.6) is 0 Å². The van der Waals surface area contributed by atoms with Crippen LogP contribution in [0.4, 0.5) is 0 Å². The molecule has 1 saturated heterocycles. The van der Waals surface area contributed by atoms with E-state index in [1.54, 1.807) is 0 Å². The van der Waals surface area contributed by atoms with Crippen LogP contribution in [0.25, 0.3) is 0 Å². The molecular formula is C11H24N4O. The molecule has 0 aliphatic carbocycles. The van der Waals surface area contributed by atoms with Gasteiger partial charge in [-0.05, 0) is 33.5 Å². The van der Waals surface area contributed by atoms with Gasteiger partial charge in [-0.1, -0.05) is 12.1 Å².